The van der Waals surface area contributed by atoms with Gasteiger partial charge in [0.05, 0.1) is 37.5 Å². The first kappa shape index (κ1) is 32.1. The van der Waals surface area contributed by atoms with Crippen LogP contribution in [0.2, 0.25) is 0 Å². The number of alkyl halides is 2. The number of nitrogens with zero attached hydrogens (tertiary/aromatic N) is 7. The molecule has 0 bridgehead atoms. The van der Waals surface area contributed by atoms with Gasteiger partial charge in [-0.05, 0) is 11.8 Å². The average Bonchev–Trinajstić information content (AvgIpc) is 3.72. The first-order chi connectivity index (χ1) is 21.3. The van der Waals surface area contributed by atoms with Crippen LogP contribution in [0.4, 0.5) is 20.5 Å². The predicted molar refractivity (Wildman–Crippen MR) is 155 cm³/mol. The summed E-state index contributed by atoms with van der Waals surface area (Å²) in [5.41, 5.74) is 11.0. The maximum Gasteiger partial charge on any atom is 0.698 e. The highest BCUT2D eigenvalue weighted by Gasteiger charge is 2.58. The molecule has 0 spiro atoms. The number of rotatable bonds is 10. The molecule has 19 nitrogen and oxygen atoms in total. The molecule has 0 aliphatic carbocycles. The number of aliphatic hydroxyl groups excluding tert-OH is 1. The summed E-state index contributed by atoms with van der Waals surface area (Å²) >= 11 is 6.00. The fourth-order valence-corrected chi connectivity index (χ4v) is 8.33. The Bertz CT molecular complexity index is 1890. The highest BCUT2D eigenvalue weighted by molar-refractivity contribution is 8.07. The van der Waals surface area contributed by atoms with Crippen molar-refractivity contribution < 1.29 is 46.5 Å². The second-order valence-electron chi connectivity index (χ2n) is 9.78. The van der Waals surface area contributed by atoms with Gasteiger partial charge in [-0.2, -0.15) is 4.98 Å². The number of thioether (sulfide) groups is 1. The molecule has 0 radical (unpaired) electrons. The van der Waals surface area contributed by atoms with Crippen LogP contribution in [0, 0.1) is 0 Å². The SMILES string of the molecule is Nc1nc2c(ncn2[C@@H]2S[C@H](CO)[C@@H](F)[C@H]2OP(O)(=S)OC[C@H]2O[C@@H](n3cnc4c(N)ncnc43)C[C@@]2(F)O[P+](=O)O)c(=O)[nH]1. The van der Waals surface area contributed by atoms with Crippen molar-refractivity contribution in [3.63, 3.8) is 0 Å². The lowest BCUT2D eigenvalue weighted by atomic mass is 10.1. The van der Waals surface area contributed by atoms with Crippen LogP contribution in [0.1, 0.15) is 18.0 Å². The Morgan fingerprint density at radius 1 is 1.24 bits per heavy atom. The number of hydrogen-bond donors (Lipinski definition) is 6. The minimum Gasteiger partial charge on any atom is -0.395 e. The van der Waals surface area contributed by atoms with Gasteiger partial charge >= 0.3 is 15.0 Å². The highest BCUT2D eigenvalue weighted by Crippen LogP contribution is 2.55. The maximum atomic E-state index is 16.0. The summed E-state index contributed by atoms with van der Waals surface area (Å²) in [6.07, 6.45) is -3.54. The number of imidazole rings is 2. The van der Waals surface area contributed by atoms with Crippen molar-refractivity contribution in [2.45, 2.75) is 47.5 Å². The van der Waals surface area contributed by atoms with Gasteiger partial charge in [-0.3, -0.25) is 23.4 Å². The maximum absolute atomic E-state index is 16.0. The normalized spacial score (nSPS) is 30.3. The second kappa shape index (κ2) is 12.1. The molecule has 0 amide bonds. The molecule has 2 aliphatic heterocycles. The first-order valence-corrected chi connectivity index (χ1v) is 17.4. The molecule has 4 aromatic rings. The van der Waals surface area contributed by atoms with Crippen molar-refractivity contribution in [3.8, 4) is 0 Å². The Morgan fingerprint density at radius 3 is 2.71 bits per heavy atom. The number of nitrogens with one attached hydrogen (secondary N) is 1. The Balaban J connectivity index is 1.23. The van der Waals surface area contributed by atoms with Crippen LogP contribution >= 0.6 is 26.7 Å². The van der Waals surface area contributed by atoms with Crippen LogP contribution in [-0.4, -0.2) is 96.6 Å². The summed E-state index contributed by atoms with van der Waals surface area (Å²) < 4.78 is 66.9. The molecule has 2 aliphatic rings. The molecular weight excluding hydrogens is 688 g/mol. The fraction of sp³-hybridized carbons (Fsp3) is 0.500. The zero-order valence-corrected chi connectivity index (χ0v) is 25.8. The van der Waals surface area contributed by atoms with E-state index < -0.39 is 81.3 Å². The van der Waals surface area contributed by atoms with Crippen molar-refractivity contribution in [1.29, 1.82) is 0 Å². The van der Waals surface area contributed by atoms with Gasteiger partial charge in [0.2, 0.25) is 5.95 Å². The number of nitrogen functional groups attached to an aromatic ring is 2. The van der Waals surface area contributed by atoms with Crippen LogP contribution < -0.4 is 17.0 Å². The van der Waals surface area contributed by atoms with Crippen LogP contribution in [0.5, 0.6) is 0 Å². The first-order valence-electron chi connectivity index (χ1n) is 12.7. The minimum atomic E-state index is -4.45. The topological polar surface area (TPSA) is 274 Å². The summed E-state index contributed by atoms with van der Waals surface area (Å²) in [4.78, 5) is 54.9. The van der Waals surface area contributed by atoms with E-state index in [1.807, 2.05) is 0 Å². The van der Waals surface area contributed by atoms with E-state index in [0.717, 1.165) is 18.1 Å². The van der Waals surface area contributed by atoms with E-state index in [0.29, 0.717) is 0 Å². The Morgan fingerprint density at radius 2 is 1.98 bits per heavy atom. The van der Waals surface area contributed by atoms with Gasteiger partial charge in [-0.25, -0.2) is 28.7 Å². The third-order valence-corrected chi connectivity index (χ3v) is 10.5. The minimum absolute atomic E-state index is 0.0257. The van der Waals surface area contributed by atoms with Crippen molar-refractivity contribution in [3.05, 3.63) is 29.3 Å². The molecule has 6 rings (SSSR count). The quantitative estimate of drug-likeness (QED) is 0.121. The molecule has 0 aromatic carbocycles. The van der Waals surface area contributed by atoms with E-state index >= 15 is 8.78 Å². The molecule has 0 saturated carbocycles. The lowest BCUT2D eigenvalue weighted by Gasteiger charge is -2.27. The number of fused-ring (bicyclic) bond motifs is 2. The predicted octanol–water partition coefficient (Wildman–Crippen LogP) is 0.306. The summed E-state index contributed by atoms with van der Waals surface area (Å²) in [6.45, 7) is -5.95. The number of H-pyrrole nitrogens is 1. The molecule has 9 atom stereocenters. The molecule has 6 heterocycles. The number of aromatic nitrogens is 8. The van der Waals surface area contributed by atoms with E-state index in [-0.39, 0.29) is 34.1 Å². The third-order valence-electron chi connectivity index (χ3n) is 7.00. The third kappa shape index (κ3) is 6.05. The van der Waals surface area contributed by atoms with Gasteiger partial charge in [-0.15, -0.1) is 16.7 Å². The zero-order valence-electron chi connectivity index (χ0n) is 22.4. The van der Waals surface area contributed by atoms with Crippen molar-refractivity contribution in [1.82, 2.24) is 39.0 Å². The summed E-state index contributed by atoms with van der Waals surface area (Å²) in [5.74, 6) is -3.14. The number of hydrogen-bond acceptors (Lipinski definition) is 16. The Hall–Kier alpha value is -2.82. The molecule has 2 saturated heterocycles. The van der Waals surface area contributed by atoms with Crippen molar-refractivity contribution in [2.75, 3.05) is 24.7 Å². The van der Waals surface area contributed by atoms with Gasteiger partial charge in [-0.1, -0.05) is 4.52 Å². The molecule has 45 heavy (non-hydrogen) atoms. The number of aromatic amines is 1. The van der Waals surface area contributed by atoms with Crippen LogP contribution in [0.15, 0.2) is 23.8 Å². The Labute approximate surface area is 259 Å². The number of nitrogens with two attached hydrogens (primary N) is 2. The van der Waals surface area contributed by atoms with Gasteiger partial charge in [0.15, 0.2) is 22.6 Å². The molecule has 242 valence electrons. The fourth-order valence-electron chi connectivity index (χ4n) is 5.00. The lowest BCUT2D eigenvalue weighted by Crippen LogP contribution is -2.38. The van der Waals surface area contributed by atoms with E-state index in [9.17, 15) is 24.3 Å². The molecular formula is C20H23F2N10O9P2S2+. The van der Waals surface area contributed by atoms with Gasteiger partial charge in [0.25, 0.3) is 11.4 Å². The van der Waals surface area contributed by atoms with E-state index in [2.05, 4.69) is 34.4 Å². The molecule has 8 N–H and O–H groups in total. The van der Waals surface area contributed by atoms with E-state index in [1.54, 1.807) is 0 Å². The number of aliphatic hydroxyl groups is 1. The number of halogens is 2. The lowest BCUT2D eigenvalue weighted by molar-refractivity contribution is -0.132. The second-order valence-corrected chi connectivity index (χ2v) is 14.6. The van der Waals surface area contributed by atoms with Crippen LogP contribution in [-0.2, 0) is 34.7 Å². The van der Waals surface area contributed by atoms with Crippen molar-refractivity contribution >= 4 is 72.6 Å². The monoisotopic (exact) mass is 711 g/mol. The number of ether oxygens (including phenoxy) is 1. The van der Waals surface area contributed by atoms with E-state index in [1.165, 1.54) is 21.8 Å². The molecule has 2 unspecified atom stereocenters. The summed E-state index contributed by atoms with van der Waals surface area (Å²) in [5, 5.41) is 7.62. The van der Waals surface area contributed by atoms with Gasteiger partial charge in [0.1, 0.15) is 41.8 Å². The van der Waals surface area contributed by atoms with Crippen LogP contribution in [0.25, 0.3) is 22.3 Å². The summed E-state index contributed by atoms with van der Waals surface area (Å²) in [7, 11) is -3.48. The average molecular weight is 712 g/mol. The van der Waals surface area contributed by atoms with Gasteiger partial charge < -0.3 is 30.7 Å². The zero-order chi connectivity index (χ0) is 32.3. The Kier molecular flexibility index (Phi) is 8.63. The largest absolute Gasteiger partial charge is 0.698 e. The summed E-state index contributed by atoms with van der Waals surface area (Å²) in [6, 6.07) is 0. The van der Waals surface area contributed by atoms with Crippen LogP contribution in [0.3, 0.4) is 0 Å². The number of anilines is 2. The van der Waals surface area contributed by atoms with Crippen molar-refractivity contribution in [2.24, 2.45) is 0 Å². The molecule has 2 fully saturated rings. The standard InChI is InChI=1S/C20H22F2N10O9P2S2/c21-10-7(2-33)45-18(32-6-28-12-16(32)29-19(24)30-17(12)34)13(10)40-43(37,44)38-3-8-20(22,41-42(35)36)1-9(39-8)31-5-27-11-14(23)25-4-26-15(11)31/h4-10,13,18,33H,1-3H2,(H6-,23,24,25,26,29,30,34,35,36,37,44)/p+1/t7-,8-,9-,10-,13-,18-,20-,43?/m1/s1. The molecule has 4 aromatic heterocycles. The van der Waals surface area contributed by atoms with E-state index in [4.69, 9.17) is 37.1 Å². The highest BCUT2D eigenvalue weighted by atomic mass is 32.5. The smallest absolute Gasteiger partial charge is 0.395 e. The molecule has 25 heteroatoms. The van der Waals surface area contributed by atoms with Gasteiger partial charge in [0, 0.05) is 4.57 Å².